The number of aromatic nitrogens is 1. The Morgan fingerprint density at radius 3 is 2.22 bits per heavy atom. The van der Waals surface area contributed by atoms with Crippen LogP contribution >= 0.6 is 0 Å². The van der Waals surface area contributed by atoms with Gasteiger partial charge in [-0.05, 0) is 41.7 Å². The first-order valence-electron chi connectivity index (χ1n) is 11.9. The summed E-state index contributed by atoms with van der Waals surface area (Å²) >= 11 is 0. The van der Waals surface area contributed by atoms with E-state index in [2.05, 4.69) is 39.0 Å². The maximum atomic E-state index is 12.6. The lowest BCUT2D eigenvalue weighted by Gasteiger charge is -2.35. The number of benzene rings is 2. The molecule has 0 bridgehead atoms. The molecule has 3 N–H and O–H groups in total. The van der Waals surface area contributed by atoms with Crippen LogP contribution in [0.2, 0.25) is 18.1 Å². The van der Waals surface area contributed by atoms with Crippen LogP contribution in [-0.4, -0.2) is 35.3 Å². The third kappa shape index (κ3) is 6.29. The van der Waals surface area contributed by atoms with E-state index >= 15 is 0 Å². The zero-order valence-corrected chi connectivity index (χ0v) is 22.7. The number of nitrogens with one attached hydrogen (secondary N) is 1. The van der Waals surface area contributed by atoms with Gasteiger partial charge in [-0.1, -0.05) is 80.5 Å². The van der Waals surface area contributed by atoms with E-state index in [0.717, 1.165) is 16.7 Å². The zero-order chi connectivity index (χ0) is 26.6. The van der Waals surface area contributed by atoms with E-state index in [9.17, 15) is 15.1 Å². The van der Waals surface area contributed by atoms with Crippen molar-refractivity contribution in [1.82, 2.24) is 10.6 Å². The summed E-state index contributed by atoms with van der Waals surface area (Å²) in [6, 6.07) is 19.2. The number of rotatable bonds is 10. The molecule has 3 aromatic rings. The second-order valence-corrected chi connectivity index (χ2v) is 15.4. The van der Waals surface area contributed by atoms with Gasteiger partial charge in [-0.15, -0.1) is 0 Å². The van der Waals surface area contributed by atoms with Gasteiger partial charge < -0.3 is 18.8 Å². The number of nitrogens with zero attached hydrogens (tertiary/aromatic N) is 1. The number of carbonyl (C=O) groups is 1. The standard InChI is InChI=1S/C27H36N2O6Si/c1-26(2,3)36(5,6)34-18-22-16-23(29-35-22)24(30)27(4,25(31)28-32)33-17-19-12-14-21(15-13-19)20-10-8-7-9-11-20/h7-16,24,30,32H,17-18H2,1-6H3,(H,28,31)/t24-,27-/m0/s1. The molecule has 0 aliphatic rings. The van der Waals surface area contributed by atoms with Crippen molar-refractivity contribution in [3.63, 3.8) is 0 Å². The first-order chi connectivity index (χ1) is 16.9. The maximum absolute atomic E-state index is 12.6. The molecule has 0 unspecified atom stereocenters. The van der Waals surface area contributed by atoms with E-state index in [1.165, 1.54) is 6.92 Å². The SMILES string of the molecule is CC(C)(C)[Si](C)(C)OCc1cc([C@H](O)[C@](C)(OCc2ccc(-c3ccccc3)cc2)C(=O)NO)no1. The molecule has 2 aromatic carbocycles. The summed E-state index contributed by atoms with van der Waals surface area (Å²) in [6.07, 6.45) is -1.50. The van der Waals surface area contributed by atoms with Crippen LogP contribution in [0, 0.1) is 0 Å². The van der Waals surface area contributed by atoms with Crippen molar-refractivity contribution in [2.75, 3.05) is 0 Å². The molecule has 2 atom stereocenters. The Morgan fingerprint density at radius 2 is 1.64 bits per heavy atom. The van der Waals surface area contributed by atoms with E-state index in [1.807, 2.05) is 54.6 Å². The van der Waals surface area contributed by atoms with Crippen molar-refractivity contribution in [3.05, 3.63) is 77.7 Å². The van der Waals surface area contributed by atoms with Crippen LogP contribution in [-0.2, 0) is 27.2 Å². The Kier molecular flexibility index (Phi) is 8.53. The van der Waals surface area contributed by atoms with Crippen molar-refractivity contribution in [3.8, 4) is 11.1 Å². The second-order valence-electron chi connectivity index (χ2n) is 10.6. The summed E-state index contributed by atoms with van der Waals surface area (Å²) in [5, 5.41) is 24.3. The summed E-state index contributed by atoms with van der Waals surface area (Å²) in [4.78, 5) is 12.6. The largest absolute Gasteiger partial charge is 0.409 e. The average Bonchev–Trinajstić information content (AvgIpc) is 3.34. The lowest BCUT2D eigenvalue weighted by Crippen LogP contribution is -2.50. The van der Waals surface area contributed by atoms with Crippen LogP contribution in [0.5, 0.6) is 0 Å². The van der Waals surface area contributed by atoms with Crippen LogP contribution < -0.4 is 5.48 Å². The number of hydroxylamine groups is 1. The molecule has 0 spiro atoms. The summed E-state index contributed by atoms with van der Waals surface area (Å²) in [5.74, 6) is -0.477. The summed E-state index contributed by atoms with van der Waals surface area (Å²) < 4.78 is 17.4. The number of aliphatic hydroxyl groups is 1. The average molecular weight is 513 g/mol. The molecule has 0 saturated carbocycles. The predicted octanol–water partition coefficient (Wildman–Crippen LogP) is 5.38. The van der Waals surface area contributed by atoms with Gasteiger partial charge in [0.2, 0.25) is 0 Å². The van der Waals surface area contributed by atoms with Gasteiger partial charge in [-0.3, -0.25) is 10.0 Å². The third-order valence-corrected chi connectivity index (χ3v) is 11.4. The molecule has 194 valence electrons. The zero-order valence-electron chi connectivity index (χ0n) is 21.7. The van der Waals surface area contributed by atoms with Crippen molar-refractivity contribution in [2.24, 2.45) is 0 Å². The number of ether oxygens (including phenoxy) is 1. The van der Waals surface area contributed by atoms with Crippen LogP contribution in [0.25, 0.3) is 11.1 Å². The molecule has 0 aliphatic carbocycles. The minimum Gasteiger partial charge on any atom is -0.409 e. The lowest BCUT2D eigenvalue weighted by atomic mass is 9.95. The highest BCUT2D eigenvalue weighted by Crippen LogP contribution is 2.37. The fraction of sp³-hybridized carbons (Fsp3) is 0.407. The molecule has 1 heterocycles. The third-order valence-electron chi connectivity index (χ3n) is 6.91. The van der Waals surface area contributed by atoms with E-state index in [1.54, 1.807) is 11.5 Å². The molecule has 0 saturated heterocycles. The van der Waals surface area contributed by atoms with Crippen LogP contribution in [0.3, 0.4) is 0 Å². The van der Waals surface area contributed by atoms with Gasteiger partial charge in [0.1, 0.15) is 11.8 Å². The fourth-order valence-electron chi connectivity index (χ4n) is 3.31. The van der Waals surface area contributed by atoms with Crippen LogP contribution in [0.15, 0.2) is 65.2 Å². The summed E-state index contributed by atoms with van der Waals surface area (Å²) in [5.41, 5.74) is 2.79. The Balaban J connectivity index is 1.71. The first kappa shape index (κ1) is 27.8. The van der Waals surface area contributed by atoms with E-state index in [0.29, 0.717) is 5.76 Å². The first-order valence-corrected chi connectivity index (χ1v) is 14.8. The van der Waals surface area contributed by atoms with E-state index in [4.69, 9.17) is 13.7 Å². The second kappa shape index (κ2) is 11.1. The highest BCUT2D eigenvalue weighted by Gasteiger charge is 2.45. The van der Waals surface area contributed by atoms with Gasteiger partial charge >= 0.3 is 0 Å². The van der Waals surface area contributed by atoms with Crippen molar-refractivity contribution < 1.29 is 28.8 Å². The minimum atomic E-state index is -2.01. The van der Waals surface area contributed by atoms with Gasteiger partial charge in [-0.2, -0.15) is 0 Å². The maximum Gasteiger partial charge on any atom is 0.278 e. The van der Waals surface area contributed by atoms with Gasteiger partial charge in [0, 0.05) is 6.07 Å². The topological polar surface area (TPSA) is 114 Å². The van der Waals surface area contributed by atoms with Gasteiger partial charge in [0.05, 0.1) is 13.2 Å². The summed E-state index contributed by atoms with van der Waals surface area (Å²) in [7, 11) is -2.01. The molecule has 0 aliphatic heterocycles. The molecule has 9 heteroatoms. The van der Waals surface area contributed by atoms with Crippen LogP contribution in [0.4, 0.5) is 0 Å². The molecular formula is C27H36N2O6Si. The Hall–Kier alpha value is -2.82. The molecular weight excluding hydrogens is 476 g/mol. The van der Waals surface area contributed by atoms with Crippen molar-refractivity contribution in [2.45, 2.75) is 70.7 Å². The highest BCUT2D eigenvalue weighted by molar-refractivity contribution is 6.74. The van der Waals surface area contributed by atoms with Gasteiger partial charge in [0.25, 0.3) is 5.91 Å². The van der Waals surface area contributed by atoms with Gasteiger partial charge in [-0.25, -0.2) is 5.48 Å². The molecule has 36 heavy (non-hydrogen) atoms. The molecule has 8 nitrogen and oxygen atoms in total. The van der Waals surface area contributed by atoms with Gasteiger partial charge in [0.15, 0.2) is 19.7 Å². The highest BCUT2D eigenvalue weighted by atomic mass is 28.4. The Bertz CT molecular complexity index is 1140. The molecule has 0 fully saturated rings. The lowest BCUT2D eigenvalue weighted by molar-refractivity contribution is -0.174. The number of aliphatic hydroxyl groups excluding tert-OH is 1. The normalized spacial score (nSPS) is 14.8. The summed E-state index contributed by atoms with van der Waals surface area (Å²) in [6.45, 7) is 12.3. The number of amides is 1. The van der Waals surface area contributed by atoms with E-state index < -0.39 is 25.9 Å². The van der Waals surface area contributed by atoms with Crippen molar-refractivity contribution >= 4 is 14.2 Å². The predicted molar refractivity (Wildman–Crippen MR) is 138 cm³/mol. The quantitative estimate of drug-likeness (QED) is 0.190. The fourth-order valence-corrected chi connectivity index (χ4v) is 4.25. The molecule has 0 radical (unpaired) electrons. The molecule has 3 rings (SSSR count). The molecule has 1 aromatic heterocycles. The number of hydrogen-bond donors (Lipinski definition) is 3. The Morgan fingerprint density at radius 1 is 1.03 bits per heavy atom. The van der Waals surface area contributed by atoms with E-state index in [-0.39, 0.29) is 23.9 Å². The molecule has 1 amide bonds. The monoisotopic (exact) mass is 512 g/mol. The Labute approximate surface area is 213 Å². The number of carbonyl (C=O) groups excluding carboxylic acids is 1. The smallest absolute Gasteiger partial charge is 0.278 e. The number of hydrogen-bond acceptors (Lipinski definition) is 7. The van der Waals surface area contributed by atoms with Crippen molar-refractivity contribution in [1.29, 1.82) is 0 Å². The minimum absolute atomic E-state index is 0.0231. The van der Waals surface area contributed by atoms with Crippen LogP contribution in [0.1, 0.15) is 50.8 Å².